The van der Waals surface area contributed by atoms with Gasteiger partial charge in [0.1, 0.15) is 0 Å². The van der Waals surface area contributed by atoms with Crippen LogP contribution in [0.3, 0.4) is 0 Å². The van der Waals surface area contributed by atoms with E-state index in [1.807, 2.05) is 17.4 Å². The van der Waals surface area contributed by atoms with Crippen LogP contribution in [0.1, 0.15) is 30.1 Å². The molecule has 15 heavy (non-hydrogen) atoms. The Morgan fingerprint density at radius 1 is 1.73 bits per heavy atom. The summed E-state index contributed by atoms with van der Waals surface area (Å²) in [6.45, 7) is 3.83. The van der Waals surface area contributed by atoms with E-state index in [4.69, 9.17) is 0 Å². The second-order valence-corrected chi connectivity index (χ2v) is 5.35. The SMILES string of the molecule is C=CCC(=[C]=[Ru+])C(c1cccs1)C1CC1. The van der Waals surface area contributed by atoms with Gasteiger partial charge in [-0.15, -0.1) is 0 Å². The fourth-order valence-electron chi connectivity index (χ4n) is 1.96. The van der Waals surface area contributed by atoms with E-state index < -0.39 is 0 Å². The zero-order chi connectivity index (χ0) is 10.7. The van der Waals surface area contributed by atoms with Gasteiger partial charge in [0.15, 0.2) is 0 Å². The van der Waals surface area contributed by atoms with Gasteiger partial charge in [-0.25, -0.2) is 0 Å². The summed E-state index contributed by atoms with van der Waals surface area (Å²) in [5.74, 6) is 1.46. The number of allylic oxidation sites excluding steroid dienone is 2. The fraction of sp³-hybridized carbons (Fsp3) is 0.385. The molecule has 1 heterocycles. The van der Waals surface area contributed by atoms with E-state index in [1.54, 1.807) is 0 Å². The first-order chi connectivity index (χ1) is 7.36. The van der Waals surface area contributed by atoms with E-state index in [0.29, 0.717) is 5.92 Å². The zero-order valence-electron chi connectivity index (χ0n) is 8.55. The van der Waals surface area contributed by atoms with Crippen molar-refractivity contribution in [3.8, 4) is 0 Å². The molecule has 2 rings (SSSR count). The van der Waals surface area contributed by atoms with E-state index >= 15 is 0 Å². The van der Waals surface area contributed by atoms with Crippen LogP contribution in [0.25, 0.3) is 0 Å². The second kappa shape index (κ2) is 5.17. The van der Waals surface area contributed by atoms with Gasteiger partial charge in [0.25, 0.3) is 0 Å². The van der Waals surface area contributed by atoms with Crippen molar-refractivity contribution in [1.29, 1.82) is 0 Å². The Morgan fingerprint density at radius 3 is 3.00 bits per heavy atom. The molecule has 0 radical (unpaired) electrons. The van der Waals surface area contributed by atoms with Crippen LogP contribution in [0.15, 0.2) is 35.7 Å². The van der Waals surface area contributed by atoms with Crippen molar-refractivity contribution in [2.24, 2.45) is 5.92 Å². The van der Waals surface area contributed by atoms with Gasteiger partial charge in [-0.3, -0.25) is 0 Å². The monoisotopic (exact) mass is 304 g/mol. The molecule has 1 aliphatic rings. The van der Waals surface area contributed by atoms with Crippen molar-refractivity contribution in [2.75, 3.05) is 0 Å². The molecule has 0 saturated heterocycles. The summed E-state index contributed by atoms with van der Waals surface area (Å²) in [6, 6.07) is 4.39. The molecule has 0 amide bonds. The van der Waals surface area contributed by atoms with E-state index in [2.05, 4.69) is 46.2 Å². The van der Waals surface area contributed by atoms with Gasteiger partial charge in [-0.1, -0.05) is 0 Å². The van der Waals surface area contributed by atoms with Gasteiger partial charge in [0, 0.05) is 0 Å². The predicted molar refractivity (Wildman–Crippen MR) is 63.1 cm³/mol. The van der Waals surface area contributed by atoms with Gasteiger partial charge in [0.05, 0.1) is 0 Å². The number of hydrogen-bond donors (Lipinski definition) is 0. The minimum absolute atomic E-state index is 0.601. The molecule has 1 aromatic rings. The minimum atomic E-state index is 0.601. The summed E-state index contributed by atoms with van der Waals surface area (Å²) in [4.78, 5) is 1.49. The summed E-state index contributed by atoms with van der Waals surface area (Å²) in [5.41, 5.74) is 1.39. The topological polar surface area (TPSA) is 0 Å². The Kier molecular flexibility index (Phi) is 3.86. The first-order valence-electron chi connectivity index (χ1n) is 5.22. The average molecular weight is 303 g/mol. The fourth-order valence-corrected chi connectivity index (χ4v) is 3.36. The summed E-state index contributed by atoms with van der Waals surface area (Å²) in [5, 5.41) is 2.17. The molecule has 1 aliphatic carbocycles. The molecule has 1 fully saturated rings. The summed E-state index contributed by atoms with van der Waals surface area (Å²) < 4.78 is 3.29. The first kappa shape index (κ1) is 11.2. The van der Waals surface area contributed by atoms with Crippen LogP contribution in [0, 0.1) is 5.92 Å². The maximum atomic E-state index is 3.83. The van der Waals surface area contributed by atoms with Crippen LogP contribution < -0.4 is 0 Å². The van der Waals surface area contributed by atoms with Crippen molar-refractivity contribution in [1.82, 2.24) is 0 Å². The van der Waals surface area contributed by atoms with Crippen LogP contribution in [-0.2, 0) is 17.9 Å². The molecule has 0 bridgehead atoms. The summed E-state index contributed by atoms with van der Waals surface area (Å²) in [7, 11) is 0. The van der Waals surface area contributed by atoms with Gasteiger partial charge in [-0.2, -0.15) is 0 Å². The Bertz CT molecular complexity index is 381. The van der Waals surface area contributed by atoms with Crippen molar-refractivity contribution in [3.05, 3.63) is 40.6 Å². The molecule has 0 aromatic carbocycles. The van der Waals surface area contributed by atoms with Crippen LogP contribution in [0.4, 0.5) is 0 Å². The van der Waals surface area contributed by atoms with Gasteiger partial charge >= 0.3 is 105 Å². The molecule has 0 aliphatic heterocycles. The Hall–Kier alpha value is -0.287. The van der Waals surface area contributed by atoms with Crippen molar-refractivity contribution >= 4 is 15.6 Å². The number of rotatable bonds is 5. The molecule has 0 nitrogen and oxygen atoms in total. The van der Waals surface area contributed by atoms with Crippen molar-refractivity contribution in [2.45, 2.75) is 25.2 Å². The molecule has 2 heteroatoms. The van der Waals surface area contributed by atoms with E-state index in [0.717, 1.165) is 12.3 Å². The molecule has 0 N–H and O–H groups in total. The molecule has 1 aromatic heterocycles. The normalized spacial score (nSPS) is 16.8. The third kappa shape index (κ3) is 2.64. The Labute approximate surface area is 105 Å². The Morgan fingerprint density at radius 2 is 2.53 bits per heavy atom. The maximum absolute atomic E-state index is 3.83. The van der Waals surface area contributed by atoms with E-state index in [9.17, 15) is 0 Å². The molecule has 1 saturated carbocycles. The standard InChI is InChI=1S/C13H14S.Ru/c1-3-5-10(2)13(11-7-8-11)12-6-4-9-14-12;/h3-4,6,9,11,13H,1,5,7-8H2;/q;+1. The quantitative estimate of drug-likeness (QED) is 0.575. The predicted octanol–water partition coefficient (Wildman–Crippen LogP) is 3.69. The second-order valence-electron chi connectivity index (χ2n) is 3.94. The van der Waals surface area contributed by atoms with Crippen LogP contribution in [-0.4, -0.2) is 4.26 Å². The first-order valence-corrected chi connectivity index (χ1v) is 6.97. The molecule has 79 valence electrons. The molecule has 1 atom stereocenters. The third-order valence-corrected chi connectivity index (χ3v) is 4.31. The molecular weight excluding hydrogens is 289 g/mol. The van der Waals surface area contributed by atoms with Crippen LogP contribution in [0.5, 0.6) is 0 Å². The summed E-state index contributed by atoms with van der Waals surface area (Å²) >= 11 is 4.40. The van der Waals surface area contributed by atoms with Crippen molar-refractivity contribution in [3.63, 3.8) is 0 Å². The number of hydrogen-bond acceptors (Lipinski definition) is 1. The van der Waals surface area contributed by atoms with E-state index in [-0.39, 0.29) is 0 Å². The van der Waals surface area contributed by atoms with Crippen LogP contribution >= 0.6 is 11.3 Å². The van der Waals surface area contributed by atoms with Crippen LogP contribution in [0.2, 0.25) is 0 Å². The van der Waals surface area contributed by atoms with Gasteiger partial charge < -0.3 is 0 Å². The Balaban J connectivity index is 2.26. The molecule has 0 spiro atoms. The van der Waals surface area contributed by atoms with E-state index in [1.165, 1.54) is 23.3 Å². The molecular formula is C13H14RuS+. The van der Waals surface area contributed by atoms with Gasteiger partial charge in [-0.05, 0) is 0 Å². The molecule has 1 unspecified atom stereocenters. The zero-order valence-corrected chi connectivity index (χ0v) is 11.1. The summed E-state index contributed by atoms with van der Waals surface area (Å²) in [6.07, 6.45) is 5.69. The van der Waals surface area contributed by atoms with Crippen molar-refractivity contribution < 1.29 is 17.9 Å². The van der Waals surface area contributed by atoms with Gasteiger partial charge in [0.2, 0.25) is 0 Å². The third-order valence-electron chi connectivity index (χ3n) is 2.80. The average Bonchev–Trinajstić information content (AvgIpc) is 2.93. The number of thiophene rings is 1.